The van der Waals surface area contributed by atoms with Crippen LogP contribution >= 0.6 is 11.8 Å². The van der Waals surface area contributed by atoms with Gasteiger partial charge in [-0.05, 0) is 43.5 Å². The largest absolute Gasteiger partial charge is 0.497 e. The van der Waals surface area contributed by atoms with E-state index in [2.05, 4.69) is 5.32 Å². The maximum absolute atomic E-state index is 12.0. The second kappa shape index (κ2) is 6.50. The van der Waals surface area contributed by atoms with Crippen LogP contribution in [0.2, 0.25) is 0 Å². The minimum absolute atomic E-state index is 0.239. The van der Waals surface area contributed by atoms with Gasteiger partial charge in [-0.1, -0.05) is 13.0 Å². The standard InChI is InChI=1S/C15H22N2O2S/c1-3-17-15(14(16)18,11-7-8-11)10-20-13-6-4-5-12(9-13)19-2/h4-6,9,11,17H,3,7-8,10H2,1-2H3,(H2,16,18). The van der Waals surface area contributed by atoms with E-state index in [0.29, 0.717) is 11.7 Å². The zero-order valence-electron chi connectivity index (χ0n) is 12.0. The summed E-state index contributed by atoms with van der Waals surface area (Å²) in [5, 5.41) is 3.33. The van der Waals surface area contributed by atoms with E-state index in [0.717, 1.165) is 30.0 Å². The average Bonchev–Trinajstić information content (AvgIpc) is 3.28. The van der Waals surface area contributed by atoms with Gasteiger partial charge in [0.25, 0.3) is 0 Å². The lowest BCUT2D eigenvalue weighted by Crippen LogP contribution is -2.59. The molecule has 0 spiro atoms. The molecule has 4 nitrogen and oxygen atoms in total. The number of carbonyl (C=O) groups excluding carboxylic acids is 1. The van der Waals surface area contributed by atoms with Gasteiger partial charge in [0.05, 0.1) is 7.11 Å². The molecule has 20 heavy (non-hydrogen) atoms. The van der Waals surface area contributed by atoms with Crippen LogP contribution in [0.3, 0.4) is 0 Å². The highest BCUT2D eigenvalue weighted by Crippen LogP contribution is 2.42. The predicted molar refractivity (Wildman–Crippen MR) is 82.0 cm³/mol. The maximum Gasteiger partial charge on any atom is 0.238 e. The van der Waals surface area contributed by atoms with Crippen LogP contribution in [0.1, 0.15) is 19.8 Å². The Hall–Kier alpha value is -1.20. The van der Waals surface area contributed by atoms with Gasteiger partial charge in [0.15, 0.2) is 0 Å². The topological polar surface area (TPSA) is 64.3 Å². The van der Waals surface area contributed by atoms with Gasteiger partial charge in [-0.3, -0.25) is 4.79 Å². The highest BCUT2D eigenvalue weighted by atomic mass is 32.2. The van der Waals surface area contributed by atoms with E-state index in [-0.39, 0.29) is 5.91 Å². The van der Waals surface area contributed by atoms with Crippen LogP contribution in [0.15, 0.2) is 29.2 Å². The molecule has 5 heteroatoms. The van der Waals surface area contributed by atoms with Gasteiger partial charge in [-0.2, -0.15) is 0 Å². The summed E-state index contributed by atoms with van der Waals surface area (Å²) in [6.45, 7) is 2.76. The summed E-state index contributed by atoms with van der Waals surface area (Å²) in [7, 11) is 1.65. The first-order valence-electron chi connectivity index (χ1n) is 6.94. The molecular weight excluding hydrogens is 272 g/mol. The Morgan fingerprint density at radius 2 is 2.30 bits per heavy atom. The van der Waals surface area contributed by atoms with Gasteiger partial charge >= 0.3 is 0 Å². The fourth-order valence-electron chi connectivity index (χ4n) is 2.45. The molecule has 1 aromatic carbocycles. The van der Waals surface area contributed by atoms with Gasteiger partial charge in [0.1, 0.15) is 11.3 Å². The molecule has 1 aliphatic carbocycles. The number of hydrogen-bond acceptors (Lipinski definition) is 4. The number of rotatable bonds is 8. The van der Waals surface area contributed by atoms with Crippen molar-refractivity contribution in [3.63, 3.8) is 0 Å². The number of thioether (sulfide) groups is 1. The third-order valence-electron chi connectivity index (χ3n) is 3.71. The van der Waals surface area contributed by atoms with Crippen LogP contribution < -0.4 is 15.8 Å². The number of ether oxygens (including phenoxy) is 1. The number of carbonyl (C=O) groups is 1. The monoisotopic (exact) mass is 294 g/mol. The van der Waals surface area contributed by atoms with Crippen molar-refractivity contribution < 1.29 is 9.53 Å². The zero-order valence-corrected chi connectivity index (χ0v) is 12.8. The lowest BCUT2D eigenvalue weighted by molar-refractivity contribution is -0.124. The van der Waals surface area contributed by atoms with Crippen molar-refractivity contribution in [3.05, 3.63) is 24.3 Å². The minimum Gasteiger partial charge on any atom is -0.497 e. The third kappa shape index (κ3) is 3.27. The summed E-state index contributed by atoms with van der Waals surface area (Å²) in [4.78, 5) is 13.1. The van der Waals surface area contributed by atoms with Gasteiger partial charge in [-0.25, -0.2) is 0 Å². The van der Waals surface area contributed by atoms with Crippen LogP contribution in [-0.2, 0) is 4.79 Å². The molecule has 2 rings (SSSR count). The fourth-order valence-corrected chi connectivity index (χ4v) is 3.70. The number of methoxy groups -OCH3 is 1. The Balaban J connectivity index is 2.09. The van der Waals surface area contributed by atoms with Crippen molar-refractivity contribution in [3.8, 4) is 5.75 Å². The quantitative estimate of drug-likeness (QED) is 0.720. The van der Waals surface area contributed by atoms with Crippen LogP contribution in [0.4, 0.5) is 0 Å². The van der Waals surface area contributed by atoms with Crippen LogP contribution in [0.25, 0.3) is 0 Å². The molecule has 1 unspecified atom stereocenters. The minimum atomic E-state index is -0.581. The first-order valence-corrected chi connectivity index (χ1v) is 7.92. The molecule has 1 amide bonds. The Morgan fingerprint density at radius 1 is 1.55 bits per heavy atom. The average molecular weight is 294 g/mol. The molecule has 0 aliphatic heterocycles. The van der Waals surface area contributed by atoms with Crippen LogP contribution in [0.5, 0.6) is 5.75 Å². The molecule has 1 fully saturated rings. The van der Waals surface area contributed by atoms with E-state index in [1.54, 1.807) is 18.9 Å². The van der Waals surface area contributed by atoms with E-state index in [1.807, 2.05) is 31.2 Å². The molecule has 0 saturated heterocycles. The van der Waals surface area contributed by atoms with Crippen molar-refractivity contribution in [1.29, 1.82) is 0 Å². The number of likely N-dealkylation sites (N-methyl/N-ethyl adjacent to an activating group) is 1. The van der Waals surface area contributed by atoms with Gasteiger partial charge < -0.3 is 15.8 Å². The Kier molecular flexibility index (Phi) is 4.94. The number of nitrogens with one attached hydrogen (secondary N) is 1. The van der Waals surface area contributed by atoms with Gasteiger partial charge in [-0.15, -0.1) is 11.8 Å². The zero-order chi connectivity index (χ0) is 14.6. The summed E-state index contributed by atoms with van der Waals surface area (Å²) in [6, 6.07) is 7.88. The second-order valence-electron chi connectivity index (χ2n) is 5.11. The highest BCUT2D eigenvalue weighted by molar-refractivity contribution is 7.99. The second-order valence-corrected chi connectivity index (χ2v) is 6.16. The smallest absolute Gasteiger partial charge is 0.238 e. The number of amides is 1. The van der Waals surface area contributed by atoms with Crippen molar-refractivity contribution in [2.45, 2.75) is 30.2 Å². The maximum atomic E-state index is 12.0. The highest BCUT2D eigenvalue weighted by Gasteiger charge is 2.49. The summed E-state index contributed by atoms with van der Waals surface area (Å²) in [5.41, 5.74) is 5.10. The summed E-state index contributed by atoms with van der Waals surface area (Å²) >= 11 is 1.65. The molecule has 0 bridgehead atoms. The van der Waals surface area contributed by atoms with Crippen LogP contribution in [0, 0.1) is 5.92 Å². The normalized spacial score (nSPS) is 17.5. The van der Waals surface area contributed by atoms with Gasteiger partial charge in [0.2, 0.25) is 5.91 Å². The number of hydrogen-bond donors (Lipinski definition) is 2. The Morgan fingerprint density at radius 3 is 2.85 bits per heavy atom. The first-order chi connectivity index (χ1) is 9.62. The molecule has 3 N–H and O–H groups in total. The molecule has 110 valence electrons. The van der Waals surface area contributed by atoms with Crippen LogP contribution in [-0.4, -0.2) is 30.9 Å². The molecule has 1 aromatic rings. The molecule has 0 radical (unpaired) electrons. The molecule has 0 heterocycles. The van der Waals surface area contributed by atoms with Crippen molar-refractivity contribution in [1.82, 2.24) is 5.32 Å². The SMILES string of the molecule is CCNC(CSc1cccc(OC)c1)(C(N)=O)C1CC1. The van der Waals surface area contributed by atoms with E-state index < -0.39 is 5.54 Å². The lowest BCUT2D eigenvalue weighted by atomic mass is 9.94. The summed E-state index contributed by atoms with van der Waals surface area (Å²) in [5.74, 6) is 1.62. The lowest BCUT2D eigenvalue weighted by Gasteiger charge is -2.31. The summed E-state index contributed by atoms with van der Waals surface area (Å²) in [6.07, 6.45) is 2.16. The Labute approximate surface area is 124 Å². The van der Waals surface area contributed by atoms with E-state index >= 15 is 0 Å². The summed E-state index contributed by atoms with van der Waals surface area (Å²) < 4.78 is 5.22. The number of nitrogens with two attached hydrogens (primary N) is 1. The molecule has 1 aliphatic rings. The molecule has 1 saturated carbocycles. The van der Waals surface area contributed by atoms with Gasteiger partial charge in [0, 0.05) is 10.6 Å². The molecular formula is C15H22N2O2S. The number of benzene rings is 1. The molecule has 1 atom stereocenters. The number of primary amides is 1. The van der Waals surface area contributed by atoms with E-state index in [4.69, 9.17) is 10.5 Å². The van der Waals surface area contributed by atoms with Crippen molar-refractivity contribution in [2.75, 3.05) is 19.4 Å². The molecule has 0 aromatic heterocycles. The van der Waals surface area contributed by atoms with Crippen molar-refractivity contribution >= 4 is 17.7 Å². The van der Waals surface area contributed by atoms with Crippen molar-refractivity contribution in [2.24, 2.45) is 11.7 Å². The first kappa shape index (κ1) is 15.2. The third-order valence-corrected chi connectivity index (χ3v) is 4.90. The fraction of sp³-hybridized carbons (Fsp3) is 0.533. The van der Waals surface area contributed by atoms with E-state index in [9.17, 15) is 4.79 Å². The predicted octanol–water partition coefficient (Wildman–Crippen LogP) is 2.03. The Bertz CT molecular complexity index is 477. The van der Waals surface area contributed by atoms with E-state index in [1.165, 1.54) is 0 Å².